The molecule has 1 fully saturated rings. The summed E-state index contributed by atoms with van der Waals surface area (Å²) in [5.74, 6) is 0.840. The Balaban J connectivity index is 1.97. The van der Waals surface area contributed by atoms with Crippen molar-refractivity contribution in [3.05, 3.63) is 35.9 Å². The van der Waals surface area contributed by atoms with E-state index in [4.69, 9.17) is 0 Å². The van der Waals surface area contributed by atoms with Gasteiger partial charge in [-0.3, -0.25) is 9.69 Å². The molecular weight excluding hydrogens is 248 g/mol. The summed E-state index contributed by atoms with van der Waals surface area (Å²) in [6, 6.07) is 10.7. The third kappa shape index (κ3) is 3.21. The van der Waals surface area contributed by atoms with Crippen LogP contribution in [-0.2, 0) is 4.79 Å². The molecule has 1 saturated heterocycles. The molecule has 1 aliphatic rings. The number of hydrogen-bond acceptors (Lipinski definition) is 2. The Kier molecular flexibility index (Phi) is 5.18. The van der Waals surface area contributed by atoms with Gasteiger partial charge in [0.05, 0.1) is 6.04 Å². The maximum Gasteiger partial charge on any atom is 0.239 e. The fraction of sp³-hybridized carbons (Fsp3) is 0.588. The minimum Gasteiger partial charge on any atom is -0.342 e. The number of carbonyl (C=O) groups excluding carboxylic acids is 1. The second kappa shape index (κ2) is 6.89. The summed E-state index contributed by atoms with van der Waals surface area (Å²) >= 11 is 0. The molecular formula is C17H26N2O. The highest BCUT2D eigenvalue weighted by molar-refractivity contribution is 5.81. The molecule has 20 heavy (non-hydrogen) atoms. The van der Waals surface area contributed by atoms with Gasteiger partial charge in [-0.05, 0) is 45.2 Å². The molecule has 0 spiro atoms. The first-order chi connectivity index (χ1) is 9.67. The van der Waals surface area contributed by atoms with Gasteiger partial charge in [-0.15, -0.1) is 0 Å². The number of carbonyl (C=O) groups is 1. The number of nitrogens with zero attached hydrogens (tertiary/aromatic N) is 2. The molecule has 0 aliphatic carbocycles. The van der Waals surface area contributed by atoms with Crippen LogP contribution >= 0.6 is 0 Å². The van der Waals surface area contributed by atoms with Crippen LogP contribution in [0.15, 0.2) is 30.3 Å². The smallest absolute Gasteiger partial charge is 0.239 e. The highest BCUT2D eigenvalue weighted by Gasteiger charge is 2.31. The Bertz CT molecular complexity index is 428. The number of rotatable bonds is 5. The maximum atomic E-state index is 12.4. The minimum atomic E-state index is 0.00334. The zero-order valence-corrected chi connectivity index (χ0v) is 12.9. The number of amides is 1. The van der Waals surface area contributed by atoms with Gasteiger partial charge in [0.15, 0.2) is 0 Å². The molecule has 3 heteroatoms. The quantitative estimate of drug-likeness (QED) is 0.824. The number of hydrogen-bond donors (Lipinski definition) is 0. The summed E-state index contributed by atoms with van der Waals surface area (Å²) in [6.45, 7) is 9.76. The first-order valence-electron chi connectivity index (χ1n) is 7.75. The van der Waals surface area contributed by atoms with Gasteiger partial charge >= 0.3 is 0 Å². The van der Waals surface area contributed by atoms with Crippen molar-refractivity contribution in [3.63, 3.8) is 0 Å². The van der Waals surface area contributed by atoms with E-state index in [2.05, 4.69) is 35.2 Å². The van der Waals surface area contributed by atoms with Gasteiger partial charge in [-0.25, -0.2) is 0 Å². The van der Waals surface area contributed by atoms with Gasteiger partial charge in [0.25, 0.3) is 0 Å². The molecule has 110 valence electrons. The van der Waals surface area contributed by atoms with Crippen LogP contribution in [-0.4, -0.2) is 47.9 Å². The van der Waals surface area contributed by atoms with Crippen LogP contribution < -0.4 is 0 Å². The van der Waals surface area contributed by atoms with E-state index in [0.29, 0.717) is 5.92 Å². The van der Waals surface area contributed by atoms with Gasteiger partial charge in [0.2, 0.25) is 5.91 Å². The maximum absolute atomic E-state index is 12.4. The van der Waals surface area contributed by atoms with Crippen molar-refractivity contribution < 1.29 is 4.79 Å². The van der Waals surface area contributed by atoms with E-state index in [1.54, 1.807) is 0 Å². The molecule has 1 aromatic rings. The molecule has 1 aliphatic heterocycles. The van der Waals surface area contributed by atoms with Crippen molar-refractivity contribution in [2.24, 2.45) is 0 Å². The second-order valence-electron chi connectivity index (χ2n) is 5.58. The summed E-state index contributed by atoms with van der Waals surface area (Å²) in [4.78, 5) is 16.7. The summed E-state index contributed by atoms with van der Waals surface area (Å²) < 4.78 is 0. The first-order valence-corrected chi connectivity index (χ1v) is 7.75. The van der Waals surface area contributed by atoms with E-state index in [0.717, 1.165) is 32.6 Å². The lowest BCUT2D eigenvalue weighted by molar-refractivity contribution is -0.135. The highest BCUT2D eigenvalue weighted by Crippen LogP contribution is 2.28. The van der Waals surface area contributed by atoms with Crippen molar-refractivity contribution in [1.29, 1.82) is 0 Å². The molecule has 0 radical (unpaired) electrons. The van der Waals surface area contributed by atoms with Crippen molar-refractivity contribution >= 4 is 5.91 Å². The lowest BCUT2D eigenvalue weighted by Crippen LogP contribution is -2.46. The molecule has 1 heterocycles. The zero-order valence-electron chi connectivity index (χ0n) is 12.9. The topological polar surface area (TPSA) is 23.6 Å². The van der Waals surface area contributed by atoms with Crippen LogP contribution in [0, 0.1) is 0 Å². The molecule has 2 rings (SSSR count). The number of likely N-dealkylation sites (N-methyl/N-ethyl adjacent to an activating group) is 1. The number of benzene rings is 1. The molecule has 0 saturated carbocycles. The Hall–Kier alpha value is -1.35. The van der Waals surface area contributed by atoms with E-state index in [-0.39, 0.29) is 11.9 Å². The van der Waals surface area contributed by atoms with Crippen LogP contribution in [0.5, 0.6) is 0 Å². The SMILES string of the molecule is CCN(CC)C(=O)[C@@H](C)N1CC[C@H](c2ccccc2)C1. The molecule has 0 bridgehead atoms. The van der Waals surface area contributed by atoms with Crippen LogP contribution in [0.1, 0.15) is 38.7 Å². The van der Waals surface area contributed by atoms with Gasteiger partial charge in [-0.2, -0.15) is 0 Å². The summed E-state index contributed by atoms with van der Waals surface area (Å²) in [6.07, 6.45) is 1.15. The lowest BCUT2D eigenvalue weighted by Gasteiger charge is -2.29. The third-order valence-electron chi connectivity index (χ3n) is 4.47. The van der Waals surface area contributed by atoms with E-state index < -0.39 is 0 Å². The molecule has 0 aromatic heterocycles. The Morgan fingerprint density at radius 3 is 2.55 bits per heavy atom. The van der Waals surface area contributed by atoms with E-state index in [1.807, 2.05) is 25.7 Å². The van der Waals surface area contributed by atoms with Crippen LogP contribution in [0.2, 0.25) is 0 Å². The Morgan fingerprint density at radius 2 is 1.95 bits per heavy atom. The van der Waals surface area contributed by atoms with Gasteiger partial charge in [-0.1, -0.05) is 30.3 Å². The van der Waals surface area contributed by atoms with Crippen molar-refractivity contribution in [2.45, 2.75) is 39.2 Å². The zero-order chi connectivity index (χ0) is 14.5. The summed E-state index contributed by atoms with van der Waals surface area (Å²) in [5, 5.41) is 0. The van der Waals surface area contributed by atoms with Crippen LogP contribution in [0.4, 0.5) is 0 Å². The normalized spacial score (nSPS) is 20.9. The largest absolute Gasteiger partial charge is 0.342 e. The lowest BCUT2D eigenvalue weighted by atomic mass is 9.99. The average molecular weight is 274 g/mol. The number of likely N-dealkylation sites (tertiary alicyclic amines) is 1. The van der Waals surface area contributed by atoms with Crippen molar-refractivity contribution in [1.82, 2.24) is 9.80 Å². The fourth-order valence-corrected chi connectivity index (χ4v) is 3.09. The fourth-order valence-electron chi connectivity index (χ4n) is 3.09. The molecule has 1 amide bonds. The molecule has 2 atom stereocenters. The Morgan fingerprint density at radius 1 is 1.30 bits per heavy atom. The van der Waals surface area contributed by atoms with Crippen LogP contribution in [0.25, 0.3) is 0 Å². The van der Waals surface area contributed by atoms with Crippen molar-refractivity contribution in [3.8, 4) is 0 Å². The standard InChI is InChI=1S/C17H26N2O/c1-4-18(5-2)17(20)14(3)19-12-11-16(13-19)15-9-7-6-8-10-15/h6-10,14,16H,4-5,11-13H2,1-3H3/t14-,16+/m1/s1. The Labute approximate surface area is 122 Å². The van der Waals surface area contributed by atoms with Gasteiger partial charge < -0.3 is 4.90 Å². The predicted molar refractivity (Wildman–Crippen MR) is 82.8 cm³/mol. The average Bonchev–Trinajstić information content (AvgIpc) is 2.98. The van der Waals surface area contributed by atoms with E-state index >= 15 is 0 Å². The summed E-state index contributed by atoms with van der Waals surface area (Å²) in [7, 11) is 0. The minimum absolute atomic E-state index is 0.00334. The first kappa shape index (κ1) is 15.0. The molecule has 0 unspecified atom stereocenters. The van der Waals surface area contributed by atoms with E-state index in [1.165, 1.54) is 5.56 Å². The van der Waals surface area contributed by atoms with Gasteiger partial charge in [0.1, 0.15) is 0 Å². The van der Waals surface area contributed by atoms with Gasteiger partial charge in [0, 0.05) is 19.6 Å². The highest BCUT2D eigenvalue weighted by atomic mass is 16.2. The molecule has 1 aromatic carbocycles. The monoisotopic (exact) mass is 274 g/mol. The van der Waals surface area contributed by atoms with Crippen molar-refractivity contribution in [2.75, 3.05) is 26.2 Å². The molecule has 3 nitrogen and oxygen atoms in total. The predicted octanol–water partition coefficient (Wildman–Crippen LogP) is 2.73. The van der Waals surface area contributed by atoms with Crippen LogP contribution in [0.3, 0.4) is 0 Å². The molecule has 0 N–H and O–H groups in total. The summed E-state index contributed by atoms with van der Waals surface area (Å²) in [5.41, 5.74) is 1.40. The third-order valence-corrected chi connectivity index (χ3v) is 4.47. The second-order valence-corrected chi connectivity index (χ2v) is 5.58. The van der Waals surface area contributed by atoms with E-state index in [9.17, 15) is 4.79 Å².